The van der Waals surface area contributed by atoms with Crippen molar-refractivity contribution in [3.05, 3.63) is 58.1 Å². The van der Waals surface area contributed by atoms with Gasteiger partial charge in [-0.1, -0.05) is 22.9 Å². The summed E-state index contributed by atoms with van der Waals surface area (Å²) in [5.41, 5.74) is 2.54. The van der Waals surface area contributed by atoms with Crippen molar-refractivity contribution < 1.29 is 28.7 Å². The van der Waals surface area contributed by atoms with Crippen LogP contribution in [0.4, 0.5) is 11.4 Å². The lowest BCUT2D eigenvalue weighted by atomic mass is 10.1. The molecule has 3 rings (SSSR count). The number of nitrogens with zero attached hydrogens (tertiary/aromatic N) is 1. The summed E-state index contributed by atoms with van der Waals surface area (Å²) in [5.74, 6) is -2.43. The van der Waals surface area contributed by atoms with Crippen molar-refractivity contribution in [3.63, 3.8) is 0 Å². The third kappa shape index (κ3) is 5.53. The van der Waals surface area contributed by atoms with Crippen LogP contribution in [0.5, 0.6) is 0 Å². The number of benzene rings is 2. The van der Waals surface area contributed by atoms with Crippen LogP contribution in [0.1, 0.15) is 29.3 Å². The lowest BCUT2D eigenvalue weighted by Crippen LogP contribution is -2.28. The molecule has 1 heterocycles. The number of rotatable bonds is 7. The molecule has 1 fully saturated rings. The average Bonchev–Trinajstić information content (AvgIpc) is 3.19. The maximum atomic E-state index is 12.4. The summed E-state index contributed by atoms with van der Waals surface area (Å²) in [5, 5.41) is 2.75. The van der Waals surface area contributed by atoms with Crippen LogP contribution in [0.25, 0.3) is 0 Å². The van der Waals surface area contributed by atoms with E-state index in [1.54, 1.807) is 30.3 Å². The fourth-order valence-corrected chi connectivity index (χ4v) is 3.84. The second-order valence-corrected chi connectivity index (χ2v) is 8.17. The zero-order valence-corrected chi connectivity index (χ0v) is 19.3. The van der Waals surface area contributed by atoms with Crippen LogP contribution in [0.15, 0.2) is 46.9 Å². The molecular weight excluding hydrogens is 480 g/mol. The molecule has 2 aromatic rings. The van der Waals surface area contributed by atoms with Gasteiger partial charge in [0.15, 0.2) is 6.61 Å². The van der Waals surface area contributed by atoms with E-state index in [2.05, 4.69) is 26.0 Å². The molecule has 0 aromatic heterocycles. The molecule has 32 heavy (non-hydrogen) atoms. The Bertz CT molecular complexity index is 1040. The Kier molecular flexibility index (Phi) is 7.63. The number of amides is 2. The number of hydrogen-bond donors (Lipinski definition) is 1. The SMILES string of the molecule is CCc1cc(Br)ccc1NC(=O)COC(=O)[C@H]1CC(=O)N(c2ccc(C(=O)OC)cc2)C1. The van der Waals surface area contributed by atoms with E-state index in [1.807, 2.05) is 19.1 Å². The molecule has 0 radical (unpaired) electrons. The second-order valence-electron chi connectivity index (χ2n) is 7.25. The van der Waals surface area contributed by atoms with Gasteiger partial charge in [-0.15, -0.1) is 0 Å². The number of carbonyl (C=O) groups is 4. The number of esters is 2. The molecular formula is C23H23BrN2O6. The second kappa shape index (κ2) is 10.4. The van der Waals surface area contributed by atoms with Gasteiger partial charge in [0.05, 0.1) is 18.6 Å². The van der Waals surface area contributed by atoms with Gasteiger partial charge in [0, 0.05) is 28.8 Å². The number of halogens is 1. The van der Waals surface area contributed by atoms with E-state index in [0.29, 0.717) is 16.9 Å². The first-order valence-electron chi connectivity index (χ1n) is 10.1. The number of carbonyl (C=O) groups excluding carboxylic acids is 4. The first kappa shape index (κ1) is 23.5. The molecule has 168 valence electrons. The fraction of sp³-hybridized carbons (Fsp3) is 0.304. The summed E-state index contributed by atoms with van der Waals surface area (Å²) in [6.45, 7) is 1.68. The van der Waals surface area contributed by atoms with E-state index in [9.17, 15) is 19.2 Å². The minimum Gasteiger partial charge on any atom is -0.465 e. The van der Waals surface area contributed by atoms with Gasteiger partial charge in [-0.25, -0.2) is 4.79 Å². The Morgan fingerprint density at radius 3 is 2.53 bits per heavy atom. The van der Waals surface area contributed by atoms with Gasteiger partial charge in [0.25, 0.3) is 5.91 Å². The third-order valence-electron chi connectivity index (χ3n) is 5.13. The fourth-order valence-electron chi connectivity index (χ4n) is 3.43. The molecule has 0 aliphatic carbocycles. The lowest BCUT2D eigenvalue weighted by molar-refractivity contribution is -0.151. The molecule has 2 amide bonds. The van der Waals surface area contributed by atoms with Crippen molar-refractivity contribution in [2.75, 3.05) is 30.5 Å². The predicted molar refractivity (Wildman–Crippen MR) is 121 cm³/mol. The summed E-state index contributed by atoms with van der Waals surface area (Å²) in [6.07, 6.45) is 0.724. The summed E-state index contributed by atoms with van der Waals surface area (Å²) < 4.78 is 10.7. The van der Waals surface area contributed by atoms with Gasteiger partial charge in [-0.3, -0.25) is 14.4 Å². The highest BCUT2D eigenvalue weighted by molar-refractivity contribution is 9.10. The van der Waals surface area contributed by atoms with E-state index in [-0.39, 0.29) is 18.9 Å². The van der Waals surface area contributed by atoms with Gasteiger partial charge < -0.3 is 19.7 Å². The first-order valence-corrected chi connectivity index (χ1v) is 10.8. The number of nitrogens with one attached hydrogen (secondary N) is 1. The molecule has 1 N–H and O–H groups in total. The maximum absolute atomic E-state index is 12.4. The molecule has 0 saturated carbocycles. The molecule has 1 aliphatic heterocycles. The van der Waals surface area contributed by atoms with Crippen molar-refractivity contribution in [2.24, 2.45) is 5.92 Å². The zero-order valence-electron chi connectivity index (χ0n) is 17.7. The molecule has 0 bridgehead atoms. The van der Waals surface area contributed by atoms with Crippen molar-refractivity contribution in [1.82, 2.24) is 0 Å². The molecule has 0 unspecified atom stereocenters. The number of hydrogen-bond acceptors (Lipinski definition) is 6. The van der Waals surface area contributed by atoms with Gasteiger partial charge in [-0.2, -0.15) is 0 Å². The minimum absolute atomic E-state index is 0.00804. The number of ether oxygens (including phenoxy) is 2. The van der Waals surface area contributed by atoms with Gasteiger partial charge >= 0.3 is 11.9 Å². The molecule has 9 heteroatoms. The monoisotopic (exact) mass is 502 g/mol. The van der Waals surface area contributed by atoms with Crippen molar-refractivity contribution in [2.45, 2.75) is 19.8 Å². The summed E-state index contributed by atoms with van der Waals surface area (Å²) in [6, 6.07) is 11.9. The van der Waals surface area contributed by atoms with Crippen LogP contribution in [0.2, 0.25) is 0 Å². The smallest absolute Gasteiger partial charge is 0.337 e. The van der Waals surface area contributed by atoms with E-state index in [4.69, 9.17) is 4.74 Å². The van der Waals surface area contributed by atoms with Gasteiger partial charge in [0.1, 0.15) is 0 Å². The van der Waals surface area contributed by atoms with Crippen LogP contribution < -0.4 is 10.2 Å². The highest BCUT2D eigenvalue weighted by atomic mass is 79.9. The third-order valence-corrected chi connectivity index (χ3v) is 5.62. The van der Waals surface area contributed by atoms with Crippen LogP contribution in [0.3, 0.4) is 0 Å². The van der Waals surface area contributed by atoms with Crippen LogP contribution >= 0.6 is 15.9 Å². The van der Waals surface area contributed by atoms with Crippen molar-refractivity contribution in [1.29, 1.82) is 0 Å². The van der Waals surface area contributed by atoms with Crippen LogP contribution in [0, 0.1) is 5.92 Å². The number of methoxy groups -OCH3 is 1. The standard InChI is InChI=1S/C23H23BrN2O6/c1-3-14-10-17(24)6-9-19(14)25-20(27)13-32-23(30)16-11-21(28)26(12-16)18-7-4-15(5-8-18)22(29)31-2/h4-10,16H,3,11-13H2,1-2H3,(H,25,27)/t16-/m0/s1. The number of anilines is 2. The number of aryl methyl sites for hydroxylation is 1. The molecule has 8 nitrogen and oxygen atoms in total. The summed E-state index contributed by atoms with van der Waals surface area (Å²) in [4.78, 5) is 50.0. The lowest BCUT2D eigenvalue weighted by Gasteiger charge is -2.17. The van der Waals surface area contributed by atoms with Gasteiger partial charge in [-0.05, 0) is 54.4 Å². The first-order chi connectivity index (χ1) is 15.3. The Morgan fingerprint density at radius 1 is 1.16 bits per heavy atom. The largest absolute Gasteiger partial charge is 0.465 e. The summed E-state index contributed by atoms with van der Waals surface area (Å²) >= 11 is 3.40. The molecule has 1 saturated heterocycles. The molecule has 1 aliphatic rings. The Hall–Kier alpha value is -3.20. The molecule has 1 atom stereocenters. The van der Waals surface area contributed by atoms with E-state index >= 15 is 0 Å². The topological polar surface area (TPSA) is 102 Å². The van der Waals surface area contributed by atoms with E-state index in [0.717, 1.165) is 16.5 Å². The normalized spacial score (nSPS) is 15.4. The van der Waals surface area contributed by atoms with Crippen molar-refractivity contribution >= 4 is 51.1 Å². The highest BCUT2D eigenvalue weighted by Crippen LogP contribution is 2.26. The van der Waals surface area contributed by atoms with Crippen LogP contribution in [-0.4, -0.2) is 44.0 Å². The Labute approximate surface area is 194 Å². The van der Waals surface area contributed by atoms with Crippen molar-refractivity contribution in [3.8, 4) is 0 Å². The Balaban J connectivity index is 1.54. The maximum Gasteiger partial charge on any atom is 0.337 e. The molecule has 2 aromatic carbocycles. The van der Waals surface area contributed by atoms with Crippen LogP contribution in [-0.2, 0) is 30.3 Å². The van der Waals surface area contributed by atoms with E-state index < -0.39 is 30.4 Å². The van der Waals surface area contributed by atoms with Gasteiger partial charge in [0.2, 0.25) is 5.91 Å². The zero-order chi connectivity index (χ0) is 23.3. The average molecular weight is 503 g/mol. The van der Waals surface area contributed by atoms with E-state index in [1.165, 1.54) is 12.0 Å². The quantitative estimate of drug-likeness (QED) is 0.582. The summed E-state index contributed by atoms with van der Waals surface area (Å²) in [7, 11) is 1.29. The Morgan fingerprint density at radius 2 is 1.88 bits per heavy atom. The molecule has 0 spiro atoms. The highest BCUT2D eigenvalue weighted by Gasteiger charge is 2.36. The predicted octanol–water partition coefficient (Wildman–Crippen LogP) is 3.33. The minimum atomic E-state index is -0.672.